The summed E-state index contributed by atoms with van der Waals surface area (Å²) in [7, 11) is 0. The highest BCUT2D eigenvalue weighted by molar-refractivity contribution is 4.85. The highest BCUT2D eigenvalue weighted by Gasteiger charge is 2.24. The summed E-state index contributed by atoms with van der Waals surface area (Å²) in [5.74, 6) is 0. The van der Waals surface area contributed by atoms with E-state index >= 15 is 0 Å². The smallest absolute Gasteiger partial charge is 0.0628 e. The Labute approximate surface area is 66.8 Å². The Hall–Kier alpha value is -0.730. The van der Waals surface area contributed by atoms with E-state index in [1.807, 2.05) is 0 Å². The van der Waals surface area contributed by atoms with Gasteiger partial charge >= 0.3 is 0 Å². The van der Waals surface area contributed by atoms with Gasteiger partial charge in [-0.2, -0.15) is 0 Å². The molecule has 0 aromatic carbocycles. The van der Waals surface area contributed by atoms with E-state index in [4.69, 9.17) is 5.53 Å². The minimum Gasteiger partial charge on any atom is -0.302 e. The van der Waals surface area contributed by atoms with E-state index in [9.17, 15) is 0 Å². The summed E-state index contributed by atoms with van der Waals surface area (Å²) < 4.78 is 0. The van der Waals surface area contributed by atoms with Gasteiger partial charge in [-0.15, -0.1) is 0 Å². The molecule has 0 aromatic heterocycles. The molecule has 1 aliphatic rings. The second kappa shape index (κ2) is 4.21. The van der Waals surface area contributed by atoms with Crippen LogP contribution < -0.4 is 0 Å². The molecule has 0 unspecified atom stereocenters. The van der Waals surface area contributed by atoms with Gasteiger partial charge in [-0.05, 0) is 18.5 Å². The Balaban J connectivity index is 2.04. The van der Waals surface area contributed by atoms with Crippen molar-refractivity contribution >= 4 is 0 Å². The number of hydrogen-bond donors (Lipinski definition) is 0. The zero-order valence-corrected chi connectivity index (χ0v) is 6.90. The standard InChI is InChI=1S/C7H14N4/c1-2-3-4-11-5-7(6-11)9-10-8/h7H,2-6H2,1H3. The van der Waals surface area contributed by atoms with Crippen LogP contribution in [0, 0.1) is 0 Å². The van der Waals surface area contributed by atoms with Crippen molar-refractivity contribution < 1.29 is 0 Å². The minimum atomic E-state index is 0.247. The Bertz CT molecular complexity index is 156. The lowest BCUT2D eigenvalue weighted by Crippen LogP contribution is -2.49. The fourth-order valence-electron chi connectivity index (χ4n) is 1.25. The molecule has 0 atom stereocenters. The van der Waals surface area contributed by atoms with Gasteiger partial charge in [0.05, 0.1) is 6.04 Å². The van der Waals surface area contributed by atoms with Crippen molar-refractivity contribution in [3.63, 3.8) is 0 Å². The predicted molar refractivity (Wildman–Crippen MR) is 44.3 cm³/mol. The van der Waals surface area contributed by atoms with E-state index in [1.165, 1.54) is 12.8 Å². The van der Waals surface area contributed by atoms with Gasteiger partial charge in [0.1, 0.15) is 0 Å². The normalized spacial score (nSPS) is 19.0. The quantitative estimate of drug-likeness (QED) is 0.346. The molecule has 4 nitrogen and oxygen atoms in total. The fraction of sp³-hybridized carbons (Fsp3) is 1.00. The third kappa shape index (κ3) is 2.41. The molecule has 0 aliphatic carbocycles. The zero-order valence-electron chi connectivity index (χ0n) is 6.90. The molecule has 62 valence electrons. The summed E-state index contributed by atoms with van der Waals surface area (Å²) >= 11 is 0. The number of likely N-dealkylation sites (tertiary alicyclic amines) is 1. The second-order valence-electron chi connectivity index (χ2n) is 2.97. The van der Waals surface area contributed by atoms with Crippen LogP contribution in [0.3, 0.4) is 0 Å². The van der Waals surface area contributed by atoms with Gasteiger partial charge in [0.25, 0.3) is 0 Å². The lowest BCUT2D eigenvalue weighted by molar-refractivity contribution is 0.149. The van der Waals surface area contributed by atoms with Gasteiger partial charge in [-0.1, -0.05) is 18.5 Å². The van der Waals surface area contributed by atoms with E-state index in [-0.39, 0.29) is 6.04 Å². The van der Waals surface area contributed by atoms with Crippen molar-refractivity contribution in [1.29, 1.82) is 0 Å². The molecule has 1 aliphatic heterocycles. The molecule has 0 amide bonds. The third-order valence-electron chi connectivity index (χ3n) is 1.98. The Kier molecular flexibility index (Phi) is 3.20. The minimum absolute atomic E-state index is 0.247. The summed E-state index contributed by atoms with van der Waals surface area (Å²) in [5, 5.41) is 3.63. The first-order valence-corrected chi connectivity index (χ1v) is 4.13. The molecule has 0 spiro atoms. The maximum Gasteiger partial charge on any atom is 0.0628 e. The van der Waals surface area contributed by atoms with Crippen LogP contribution in [0.15, 0.2) is 5.11 Å². The number of azide groups is 1. The first-order chi connectivity index (χ1) is 5.36. The topological polar surface area (TPSA) is 52.0 Å². The van der Waals surface area contributed by atoms with E-state index in [2.05, 4.69) is 21.8 Å². The van der Waals surface area contributed by atoms with Crippen LogP contribution in [0.25, 0.3) is 10.4 Å². The van der Waals surface area contributed by atoms with Crippen LogP contribution in [-0.4, -0.2) is 30.6 Å². The average Bonchev–Trinajstić information content (AvgIpc) is 1.94. The van der Waals surface area contributed by atoms with Gasteiger partial charge < -0.3 is 4.90 Å². The van der Waals surface area contributed by atoms with Crippen LogP contribution in [0.1, 0.15) is 19.8 Å². The van der Waals surface area contributed by atoms with Crippen molar-refractivity contribution in [3.8, 4) is 0 Å². The predicted octanol–water partition coefficient (Wildman–Crippen LogP) is 1.78. The van der Waals surface area contributed by atoms with Crippen LogP contribution in [0.4, 0.5) is 0 Å². The molecule has 1 rings (SSSR count). The molecule has 4 heteroatoms. The molecule has 1 heterocycles. The molecule has 0 radical (unpaired) electrons. The van der Waals surface area contributed by atoms with Crippen molar-refractivity contribution in [2.45, 2.75) is 25.8 Å². The van der Waals surface area contributed by atoms with Crippen LogP contribution in [0.5, 0.6) is 0 Å². The molecular formula is C7H14N4. The first kappa shape index (κ1) is 8.37. The molecule has 0 N–H and O–H groups in total. The zero-order chi connectivity index (χ0) is 8.10. The van der Waals surface area contributed by atoms with Crippen LogP contribution >= 0.6 is 0 Å². The molecule has 11 heavy (non-hydrogen) atoms. The largest absolute Gasteiger partial charge is 0.302 e. The maximum absolute atomic E-state index is 8.10. The van der Waals surface area contributed by atoms with Crippen molar-refractivity contribution in [2.24, 2.45) is 5.11 Å². The molecule has 1 fully saturated rings. The van der Waals surface area contributed by atoms with Crippen molar-refractivity contribution in [3.05, 3.63) is 10.4 Å². The van der Waals surface area contributed by atoms with Gasteiger partial charge in [0.2, 0.25) is 0 Å². The van der Waals surface area contributed by atoms with E-state index in [0.29, 0.717) is 0 Å². The Morgan fingerprint density at radius 2 is 2.36 bits per heavy atom. The molecule has 0 aromatic rings. The molecule has 0 bridgehead atoms. The van der Waals surface area contributed by atoms with Crippen LogP contribution in [-0.2, 0) is 0 Å². The Morgan fingerprint density at radius 1 is 1.64 bits per heavy atom. The van der Waals surface area contributed by atoms with Crippen molar-refractivity contribution in [2.75, 3.05) is 19.6 Å². The van der Waals surface area contributed by atoms with Gasteiger partial charge in [0, 0.05) is 18.0 Å². The Morgan fingerprint density at radius 3 is 2.91 bits per heavy atom. The van der Waals surface area contributed by atoms with Gasteiger partial charge in [-0.3, -0.25) is 0 Å². The number of nitrogens with zero attached hydrogens (tertiary/aromatic N) is 4. The van der Waals surface area contributed by atoms with Gasteiger partial charge in [0.15, 0.2) is 0 Å². The van der Waals surface area contributed by atoms with E-state index in [0.717, 1.165) is 19.6 Å². The summed E-state index contributed by atoms with van der Waals surface area (Å²) in [4.78, 5) is 5.09. The molecule has 0 saturated carbocycles. The monoisotopic (exact) mass is 154 g/mol. The molecular weight excluding hydrogens is 140 g/mol. The average molecular weight is 154 g/mol. The van der Waals surface area contributed by atoms with Gasteiger partial charge in [-0.25, -0.2) is 0 Å². The summed E-state index contributed by atoms with van der Waals surface area (Å²) in [6.07, 6.45) is 2.49. The lowest BCUT2D eigenvalue weighted by Gasteiger charge is -2.36. The molecule has 1 saturated heterocycles. The summed E-state index contributed by atoms with van der Waals surface area (Å²) in [5.41, 5.74) is 8.10. The lowest BCUT2D eigenvalue weighted by atomic mass is 10.1. The highest BCUT2D eigenvalue weighted by atomic mass is 15.3. The van der Waals surface area contributed by atoms with Crippen molar-refractivity contribution in [1.82, 2.24) is 4.90 Å². The first-order valence-electron chi connectivity index (χ1n) is 4.13. The number of hydrogen-bond acceptors (Lipinski definition) is 2. The number of rotatable bonds is 4. The fourth-order valence-corrected chi connectivity index (χ4v) is 1.25. The van der Waals surface area contributed by atoms with E-state index in [1.54, 1.807) is 0 Å². The maximum atomic E-state index is 8.10. The third-order valence-corrected chi connectivity index (χ3v) is 1.98. The SMILES string of the molecule is CCCCN1CC(N=[N+]=[N-])C1. The second-order valence-corrected chi connectivity index (χ2v) is 2.97. The summed E-state index contributed by atoms with van der Waals surface area (Å²) in [6, 6.07) is 0.247. The van der Waals surface area contributed by atoms with E-state index < -0.39 is 0 Å². The summed E-state index contributed by atoms with van der Waals surface area (Å²) in [6.45, 7) is 5.27. The number of unbranched alkanes of at least 4 members (excludes halogenated alkanes) is 1. The highest BCUT2D eigenvalue weighted by Crippen LogP contribution is 2.11. The van der Waals surface area contributed by atoms with Crippen LogP contribution in [0.2, 0.25) is 0 Å².